The number of fused-ring (bicyclic) bond motifs is 2. The van der Waals surface area contributed by atoms with Gasteiger partial charge in [-0.2, -0.15) is 5.10 Å². The fourth-order valence-electron chi connectivity index (χ4n) is 4.46. The number of aromatic amines is 1. The van der Waals surface area contributed by atoms with Crippen LogP contribution in [0.15, 0.2) is 30.7 Å². The Balaban J connectivity index is 1.47. The van der Waals surface area contributed by atoms with Gasteiger partial charge in [-0.05, 0) is 31.9 Å². The van der Waals surface area contributed by atoms with E-state index in [1.165, 1.54) is 6.33 Å². The van der Waals surface area contributed by atoms with Crippen molar-refractivity contribution in [3.63, 3.8) is 0 Å². The molecule has 0 aromatic carbocycles. The van der Waals surface area contributed by atoms with Crippen LogP contribution in [-0.4, -0.2) is 62.3 Å². The first-order chi connectivity index (χ1) is 15.4. The summed E-state index contributed by atoms with van der Waals surface area (Å²) in [5.74, 6) is 2.20. The summed E-state index contributed by atoms with van der Waals surface area (Å²) in [7, 11) is 1.65. The minimum absolute atomic E-state index is 0.269. The molecule has 1 aliphatic rings. The first kappa shape index (κ1) is 20.8. The van der Waals surface area contributed by atoms with Gasteiger partial charge in [0.1, 0.15) is 6.33 Å². The summed E-state index contributed by atoms with van der Waals surface area (Å²) >= 11 is 0. The van der Waals surface area contributed by atoms with Gasteiger partial charge in [0.15, 0.2) is 11.4 Å². The number of H-pyrrole nitrogens is 1. The monoisotopic (exact) mass is 434 g/mol. The van der Waals surface area contributed by atoms with E-state index in [1.807, 2.05) is 18.3 Å². The van der Waals surface area contributed by atoms with Gasteiger partial charge < -0.3 is 19.4 Å². The van der Waals surface area contributed by atoms with Crippen molar-refractivity contribution >= 4 is 16.7 Å². The van der Waals surface area contributed by atoms with Crippen molar-refractivity contribution in [2.45, 2.75) is 39.7 Å². The molecule has 0 aliphatic carbocycles. The number of pyridine rings is 2. The lowest BCUT2D eigenvalue weighted by Crippen LogP contribution is -2.52. The molecule has 1 fully saturated rings. The highest BCUT2D eigenvalue weighted by molar-refractivity contribution is 5.89. The molecule has 8 heteroatoms. The lowest BCUT2D eigenvalue weighted by Gasteiger charge is -2.41. The third-order valence-corrected chi connectivity index (χ3v) is 6.26. The van der Waals surface area contributed by atoms with E-state index in [1.54, 1.807) is 11.6 Å². The van der Waals surface area contributed by atoms with Crippen molar-refractivity contribution < 1.29 is 9.47 Å². The van der Waals surface area contributed by atoms with Crippen molar-refractivity contribution in [3.05, 3.63) is 36.3 Å². The summed E-state index contributed by atoms with van der Waals surface area (Å²) in [5, 5.41) is 4.30. The van der Waals surface area contributed by atoms with Crippen LogP contribution in [0.5, 0.6) is 11.6 Å². The first-order valence-corrected chi connectivity index (χ1v) is 11.2. The molecular weight excluding hydrogens is 404 g/mol. The molecule has 5 heterocycles. The van der Waals surface area contributed by atoms with Gasteiger partial charge in [0.2, 0.25) is 5.88 Å². The number of aromatic nitrogens is 5. The van der Waals surface area contributed by atoms with Crippen molar-refractivity contribution in [2.24, 2.45) is 5.92 Å². The molecule has 0 unspecified atom stereocenters. The zero-order chi connectivity index (χ0) is 22.4. The second-order valence-corrected chi connectivity index (χ2v) is 9.16. The standard InChI is InChI=1S/C24H30N6O2/c1-14(2)21-22(17-8-19(31-5)24-25-13-26-30(24)11-17)27-18-6-7-20(28-23(18)21)32-12-16-9-29(10-16)15(3)4/h6-8,11,13-16,27H,9-10,12H2,1-5H3. The summed E-state index contributed by atoms with van der Waals surface area (Å²) in [5.41, 5.74) is 5.78. The smallest absolute Gasteiger partial charge is 0.213 e. The maximum Gasteiger partial charge on any atom is 0.213 e. The molecule has 0 saturated carbocycles. The minimum Gasteiger partial charge on any atom is -0.493 e. The zero-order valence-electron chi connectivity index (χ0n) is 19.3. The molecule has 5 rings (SSSR count). The molecule has 1 aliphatic heterocycles. The van der Waals surface area contributed by atoms with E-state index in [9.17, 15) is 0 Å². The van der Waals surface area contributed by atoms with Crippen molar-refractivity contribution in [1.29, 1.82) is 0 Å². The van der Waals surface area contributed by atoms with Gasteiger partial charge in [-0.3, -0.25) is 0 Å². The molecule has 0 spiro atoms. The highest BCUT2D eigenvalue weighted by atomic mass is 16.5. The van der Waals surface area contributed by atoms with Crippen LogP contribution in [0.25, 0.3) is 27.9 Å². The summed E-state index contributed by atoms with van der Waals surface area (Å²) in [4.78, 5) is 15.2. The van der Waals surface area contributed by atoms with Crippen molar-refractivity contribution in [1.82, 2.24) is 29.5 Å². The van der Waals surface area contributed by atoms with Crippen LogP contribution in [-0.2, 0) is 0 Å². The topological polar surface area (TPSA) is 80.6 Å². The third kappa shape index (κ3) is 3.58. The third-order valence-electron chi connectivity index (χ3n) is 6.26. The van der Waals surface area contributed by atoms with Gasteiger partial charge in [-0.15, -0.1) is 0 Å². The van der Waals surface area contributed by atoms with Gasteiger partial charge in [-0.25, -0.2) is 14.5 Å². The van der Waals surface area contributed by atoms with Gasteiger partial charge in [-0.1, -0.05) is 13.8 Å². The molecule has 0 radical (unpaired) electrons. The number of methoxy groups -OCH3 is 1. The van der Waals surface area contributed by atoms with Crippen molar-refractivity contribution in [2.75, 3.05) is 26.8 Å². The van der Waals surface area contributed by atoms with Crippen LogP contribution >= 0.6 is 0 Å². The highest BCUT2D eigenvalue weighted by Crippen LogP contribution is 2.37. The van der Waals surface area contributed by atoms with E-state index >= 15 is 0 Å². The summed E-state index contributed by atoms with van der Waals surface area (Å²) in [6, 6.07) is 6.60. The zero-order valence-corrected chi connectivity index (χ0v) is 19.3. The van der Waals surface area contributed by atoms with E-state index in [2.05, 4.69) is 53.7 Å². The molecule has 1 saturated heterocycles. The molecule has 0 atom stereocenters. The number of ether oxygens (including phenoxy) is 2. The number of hydrogen-bond donors (Lipinski definition) is 1. The Bertz CT molecular complexity index is 1250. The number of hydrogen-bond acceptors (Lipinski definition) is 6. The Morgan fingerprint density at radius 1 is 1.19 bits per heavy atom. The van der Waals surface area contributed by atoms with Crippen molar-refractivity contribution in [3.8, 4) is 22.9 Å². The minimum atomic E-state index is 0.269. The number of likely N-dealkylation sites (tertiary alicyclic amines) is 1. The van der Waals surface area contributed by atoms with Crippen LogP contribution in [0.1, 0.15) is 39.2 Å². The molecule has 0 bridgehead atoms. The average Bonchev–Trinajstić information content (AvgIpc) is 3.35. The van der Waals surface area contributed by atoms with E-state index < -0.39 is 0 Å². The van der Waals surface area contributed by atoms with E-state index in [-0.39, 0.29) is 5.92 Å². The summed E-state index contributed by atoms with van der Waals surface area (Å²) in [6.07, 6.45) is 3.50. The molecule has 32 heavy (non-hydrogen) atoms. The fraction of sp³-hybridized carbons (Fsp3) is 0.458. The largest absolute Gasteiger partial charge is 0.493 e. The number of rotatable bonds is 7. The quantitative estimate of drug-likeness (QED) is 0.471. The lowest BCUT2D eigenvalue weighted by atomic mass is 9.99. The van der Waals surface area contributed by atoms with E-state index in [0.29, 0.717) is 35.8 Å². The number of nitrogens with zero attached hydrogens (tertiary/aromatic N) is 5. The fourth-order valence-corrected chi connectivity index (χ4v) is 4.46. The summed E-state index contributed by atoms with van der Waals surface area (Å²) in [6.45, 7) is 11.7. The predicted octanol–water partition coefficient (Wildman–Crippen LogP) is 4.12. The van der Waals surface area contributed by atoms with Crippen LogP contribution in [0, 0.1) is 5.92 Å². The Labute approximate surface area is 187 Å². The first-order valence-electron chi connectivity index (χ1n) is 11.2. The molecule has 0 amide bonds. The molecule has 1 N–H and O–H groups in total. The van der Waals surface area contributed by atoms with Crippen LogP contribution in [0.2, 0.25) is 0 Å². The number of nitrogens with one attached hydrogen (secondary N) is 1. The summed E-state index contributed by atoms with van der Waals surface area (Å²) < 4.78 is 13.4. The molecular formula is C24H30N6O2. The van der Waals surface area contributed by atoms with Gasteiger partial charge in [0, 0.05) is 48.4 Å². The van der Waals surface area contributed by atoms with E-state index in [0.717, 1.165) is 40.9 Å². The molecule has 4 aromatic heterocycles. The van der Waals surface area contributed by atoms with Gasteiger partial charge in [0.25, 0.3) is 0 Å². The Morgan fingerprint density at radius 3 is 2.72 bits per heavy atom. The SMILES string of the molecule is COc1cc(-c2[nH]c3ccc(OCC4CN(C(C)C)C4)nc3c2C(C)C)cn2ncnc12. The highest BCUT2D eigenvalue weighted by Gasteiger charge is 2.29. The maximum atomic E-state index is 6.09. The Hall–Kier alpha value is -3.13. The molecule has 168 valence electrons. The van der Waals surface area contributed by atoms with Crippen LogP contribution in [0.4, 0.5) is 0 Å². The van der Waals surface area contributed by atoms with E-state index in [4.69, 9.17) is 14.5 Å². The second kappa shape index (κ2) is 8.09. The second-order valence-electron chi connectivity index (χ2n) is 9.16. The van der Waals surface area contributed by atoms with Crippen LogP contribution in [0.3, 0.4) is 0 Å². The Morgan fingerprint density at radius 2 is 2.00 bits per heavy atom. The van der Waals surface area contributed by atoms with Gasteiger partial charge in [0.05, 0.1) is 30.4 Å². The van der Waals surface area contributed by atoms with Gasteiger partial charge >= 0.3 is 0 Å². The molecule has 4 aromatic rings. The normalized spacial score (nSPS) is 15.2. The lowest BCUT2D eigenvalue weighted by molar-refractivity contribution is 0.0365. The average molecular weight is 435 g/mol. The van der Waals surface area contributed by atoms with Crippen LogP contribution < -0.4 is 9.47 Å². The Kier molecular flexibility index (Phi) is 5.25. The maximum absolute atomic E-state index is 6.09. The predicted molar refractivity (Wildman–Crippen MR) is 124 cm³/mol. The molecule has 8 nitrogen and oxygen atoms in total.